The number of rotatable bonds is 3. The Morgan fingerprint density at radius 2 is 2.23 bits per heavy atom. The first-order chi connectivity index (χ1) is 12.7. The summed E-state index contributed by atoms with van der Waals surface area (Å²) in [5.74, 6) is 1.61. The van der Waals surface area contributed by atoms with Crippen LogP contribution in [0.5, 0.6) is 0 Å². The van der Waals surface area contributed by atoms with Crippen molar-refractivity contribution in [2.75, 3.05) is 25.0 Å². The number of hydrogen-bond acceptors (Lipinski definition) is 5. The van der Waals surface area contributed by atoms with Crippen LogP contribution in [0.15, 0.2) is 18.2 Å². The molecule has 0 radical (unpaired) electrons. The number of morpholine rings is 1. The molecule has 1 aromatic heterocycles. The summed E-state index contributed by atoms with van der Waals surface area (Å²) in [5.41, 5.74) is 1.46. The third kappa shape index (κ3) is 3.60. The second-order valence-electron chi connectivity index (χ2n) is 6.65. The molecule has 0 bridgehead atoms. The molecule has 1 fully saturated rings. The van der Waals surface area contributed by atoms with Gasteiger partial charge in [0.1, 0.15) is 11.9 Å². The topological polar surface area (TPSA) is 81.1 Å². The van der Waals surface area contributed by atoms with E-state index in [1.165, 1.54) is 6.42 Å². The quantitative estimate of drug-likeness (QED) is 0.860. The summed E-state index contributed by atoms with van der Waals surface area (Å²) in [6, 6.07) is 5.43. The van der Waals surface area contributed by atoms with Gasteiger partial charge in [-0.25, -0.2) is 0 Å². The number of amides is 1. The summed E-state index contributed by atoms with van der Waals surface area (Å²) in [7, 11) is 0. The van der Waals surface area contributed by atoms with Crippen molar-refractivity contribution >= 4 is 23.2 Å². The summed E-state index contributed by atoms with van der Waals surface area (Å²) >= 11 is 6.43. The number of nitrogens with zero attached hydrogens (tertiary/aromatic N) is 3. The van der Waals surface area contributed by atoms with Crippen LogP contribution >= 0.6 is 11.6 Å². The number of ether oxygens (including phenoxy) is 1. The second kappa shape index (κ2) is 7.73. The van der Waals surface area contributed by atoms with Crippen LogP contribution in [-0.2, 0) is 22.5 Å². The van der Waals surface area contributed by atoms with Crippen LogP contribution in [0.1, 0.15) is 25.1 Å². The lowest BCUT2D eigenvalue weighted by Gasteiger charge is -2.22. The van der Waals surface area contributed by atoms with Gasteiger partial charge in [-0.3, -0.25) is 4.79 Å². The fourth-order valence-electron chi connectivity index (χ4n) is 3.42. The number of nitrogens with one attached hydrogen (secondary N) is 2. The Morgan fingerprint density at radius 3 is 3.08 bits per heavy atom. The van der Waals surface area contributed by atoms with Gasteiger partial charge in [0, 0.05) is 37.3 Å². The first-order valence-corrected chi connectivity index (χ1v) is 9.45. The normalized spacial score (nSPS) is 20.3. The number of aryl methyl sites for hydroxylation is 1. The Hall–Kier alpha value is -1.96. The molecule has 0 spiro atoms. The van der Waals surface area contributed by atoms with Gasteiger partial charge in [0.15, 0.2) is 5.82 Å². The van der Waals surface area contributed by atoms with Crippen LogP contribution < -0.4 is 10.6 Å². The molecule has 1 aromatic carbocycles. The SMILES string of the molecule is O=C(Nc1ccc(Cl)c(-c2nnc3n2CCCCC3)c1)C1CNCCO1. The molecule has 1 atom stereocenters. The molecule has 26 heavy (non-hydrogen) atoms. The maximum absolute atomic E-state index is 12.4. The highest BCUT2D eigenvalue weighted by atomic mass is 35.5. The number of halogens is 1. The molecule has 138 valence electrons. The molecule has 2 N–H and O–H groups in total. The van der Waals surface area contributed by atoms with Crippen molar-refractivity contribution in [1.82, 2.24) is 20.1 Å². The summed E-state index contributed by atoms with van der Waals surface area (Å²) in [4.78, 5) is 12.4. The van der Waals surface area contributed by atoms with Crippen molar-refractivity contribution in [2.24, 2.45) is 0 Å². The maximum atomic E-state index is 12.4. The molecule has 0 saturated carbocycles. The van der Waals surface area contributed by atoms with Crippen LogP contribution in [0.3, 0.4) is 0 Å². The number of carbonyl (C=O) groups excluding carboxylic acids is 1. The number of fused-ring (bicyclic) bond motifs is 1. The Balaban J connectivity index is 1.59. The Morgan fingerprint density at radius 1 is 1.31 bits per heavy atom. The third-order valence-electron chi connectivity index (χ3n) is 4.80. The summed E-state index contributed by atoms with van der Waals surface area (Å²) in [5, 5.41) is 15.4. The minimum absolute atomic E-state index is 0.162. The van der Waals surface area contributed by atoms with E-state index in [0.29, 0.717) is 23.9 Å². The molecule has 1 saturated heterocycles. The summed E-state index contributed by atoms with van der Waals surface area (Å²) < 4.78 is 7.65. The Kier molecular flexibility index (Phi) is 5.19. The average molecular weight is 376 g/mol. The highest BCUT2D eigenvalue weighted by Gasteiger charge is 2.23. The van der Waals surface area contributed by atoms with Gasteiger partial charge in [-0.15, -0.1) is 10.2 Å². The molecule has 2 aliphatic heterocycles. The minimum Gasteiger partial charge on any atom is -0.366 e. The predicted molar refractivity (Wildman–Crippen MR) is 99.3 cm³/mol. The van der Waals surface area contributed by atoms with E-state index in [0.717, 1.165) is 49.6 Å². The fourth-order valence-corrected chi connectivity index (χ4v) is 3.62. The molecule has 3 heterocycles. The molecule has 2 aromatic rings. The lowest BCUT2D eigenvalue weighted by atomic mass is 10.1. The van der Waals surface area contributed by atoms with Crippen LogP contribution in [0.2, 0.25) is 5.02 Å². The standard InChI is InChI=1S/C18H22ClN5O2/c19-14-6-5-12(21-18(25)15-11-20-7-9-26-15)10-13(14)17-23-22-16-4-2-1-3-8-24(16)17/h5-6,10,15,20H,1-4,7-9,11H2,(H,21,25). The number of hydrogen-bond donors (Lipinski definition) is 2. The monoisotopic (exact) mass is 375 g/mol. The van der Waals surface area contributed by atoms with Crippen LogP contribution in [0, 0.1) is 0 Å². The van der Waals surface area contributed by atoms with E-state index in [1.54, 1.807) is 12.1 Å². The van der Waals surface area contributed by atoms with Crippen molar-refractivity contribution in [3.8, 4) is 11.4 Å². The third-order valence-corrected chi connectivity index (χ3v) is 5.13. The molecule has 1 amide bonds. The largest absolute Gasteiger partial charge is 0.366 e. The summed E-state index contributed by atoms with van der Waals surface area (Å²) in [6.45, 7) is 2.72. The predicted octanol–water partition coefficient (Wildman–Crippen LogP) is 2.25. The van der Waals surface area contributed by atoms with E-state index in [1.807, 2.05) is 6.07 Å². The number of carbonyl (C=O) groups is 1. The van der Waals surface area contributed by atoms with Crippen LogP contribution in [0.25, 0.3) is 11.4 Å². The van der Waals surface area contributed by atoms with Crippen LogP contribution in [-0.4, -0.2) is 46.5 Å². The zero-order valence-electron chi connectivity index (χ0n) is 14.5. The van der Waals surface area contributed by atoms with Gasteiger partial charge in [0.2, 0.25) is 0 Å². The molecule has 1 unspecified atom stereocenters. The highest BCUT2D eigenvalue weighted by Crippen LogP contribution is 2.31. The maximum Gasteiger partial charge on any atom is 0.254 e. The first-order valence-electron chi connectivity index (χ1n) is 9.07. The average Bonchev–Trinajstić information content (AvgIpc) is 2.92. The molecule has 4 rings (SSSR count). The van der Waals surface area contributed by atoms with Crippen LogP contribution in [0.4, 0.5) is 5.69 Å². The van der Waals surface area contributed by atoms with Gasteiger partial charge < -0.3 is 19.9 Å². The van der Waals surface area contributed by atoms with E-state index in [9.17, 15) is 4.79 Å². The van der Waals surface area contributed by atoms with Gasteiger partial charge in [-0.05, 0) is 31.0 Å². The van der Waals surface area contributed by atoms with Gasteiger partial charge >= 0.3 is 0 Å². The first kappa shape index (κ1) is 17.5. The van der Waals surface area contributed by atoms with Gasteiger partial charge in [0.05, 0.1) is 11.6 Å². The second-order valence-corrected chi connectivity index (χ2v) is 7.06. The van der Waals surface area contributed by atoms with Gasteiger partial charge in [-0.2, -0.15) is 0 Å². The van der Waals surface area contributed by atoms with E-state index in [4.69, 9.17) is 16.3 Å². The molecule has 7 nitrogen and oxygen atoms in total. The number of aromatic nitrogens is 3. The molecular formula is C18H22ClN5O2. The zero-order valence-corrected chi connectivity index (χ0v) is 15.3. The molecule has 2 aliphatic rings. The smallest absolute Gasteiger partial charge is 0.254 e. The molecule has 8 heteroatoms. The molecule has 0 aliphatic carbocycles. The van der Waals surface area contributed by atoms with E-state index >= 15 is 0 Å². The van der Waals surface area contributed by atoms with Gasteiger partial charge in [0.25, 0.3) is 5.91 Å². The lowest BCUT2D eigenvalue weighted by Crippen LogP contribution is -2.45. The van der Waals surface area contributed by atoms with Crippen molar-refractivity contribution in [3.63, 3.8) is 0 Å². The molecular weight excluding hydrogens is 354 g/mol. The highest BCUT2D eigenvalue weighted by molar-refractivity contribution is 6.33. The van der Waals surface area contributed by atoms with Crippen molar-refractivity contribution in [2.45, 2.75) is 38.3 Å². The summed E-state index contributed by atoms with van der Waals surface area (Å²) in [6.07, 6.45) is 3.90. The zero-order chi connectivity index (χ0) is 17.9. The minimum atomic E-state index is -0.479. The fraction of sp³-hybridized carbons (Fsp3) is 0.500. The number of anilines is 1. The van der Waals surface area contributed by atoms with Gasteiger partial charge in [-0.1, -0.05) is 18.0 Å². The van der Waals surface area contributed by atoms with Crippen molar-refractivity contribution < 1.29 is 9.53 Å². The Bertz CT molecular complexity index is 801. The van der Waals surface area contributed by atoms with Crippen molar-refractivity contribution in [3.05, 3.63) is 29.0 Å². The number of benzene rings is 1. The van der Waals surface area contributed by atoms with E-state index in [-0.39, 0.29) is 5.91 Å². The van der Waals surface area contributed by atoms with E-state index in [2.05, 4.69) is 25.4 Å². The Labute approximate surface area is 157 Å². The lowest BCUT2D eigenvalue weighted by molar-refractivity contribution is -0.128. The van der Waals surface area contributed by atoms with Crippen molar-refractivity contribution in [1.29, 1.82) is 0 Å². The van der Waals surface area contributed by atoms with E-state index < -0.39 is 6.10 Å².